The fourth-order valence-electron chi connectivity index (χ4n) is 2.93. The number of rotatable bonds is 8. The first-order valence-corrected chi connectivity index (χ1v) is 10.5. The van der Waals surface area contributed by atoms with Gasteiger partial charge >= 0.3 is 6.16 Å². The first-order chi connectivity index (χ1) is 14.7. The molecule has 0 saturated carbocycles. The minimum Gasteiger partial charge on any atom is -0.454 e. The first-order valence-electron chi connectivity index (χ1n) is 9.99. The summed E-state index contributed by atoms with van der Waals surface area (Å²) in [4.78, 5) is 11.6. The number of aryl methyl sites for hydroxylation is 2. The Balaban J connectivity index is 2.44. The zero-order valence-corrected chi connectivity index (χ0v) is 19.3. The smallest absolute Gasteiger partial charge is 0.454 e. The van der Waals surface area contributed by atoms with E-state index in [-0.39, 0.29) is 23.7 Å². The second-order valence-electron chi connectivity index (χ2n) is 7.82. The van der Waals surface area contributed by atoms with Crippen molar-refractivity contribution >= 4 is 29.1 Å². The van der Waals surface area contributed by atoms with Crippen LogP contribution in [0.25, 0.3) is 11.3 Å². The van der Waals surface area contributed by atoms with E-state index in [0.29, 0.717) is 23.4 Å². The molecule has 0 saturated heterocycles. The highest BCUT2D eigenvalue weighted by molar-refractivity contribution is 6.18. The molecule has 31 heavy (non-hydrogen) atoms. The molecule has 0 unspecified atom stereocenters. The standard InChI is InChI=1S/C23H28ClN3O4/c1-6-27-20(13-16(2)26-27)21(30-15-31-22(28)29-12-11-24)19(14-25)17-7-9-18(10-8-17)23(3,4)5/h7-10,13H,6,11-12,15H2,1-5H3/b21-19-. The summed E-state index contributed by atoms with van der Waals surface area (Å²) < 4.78 is 17.2. The third-order valence-corrected chi connectivity index (χ3v) is 4.64. The highest BCUT2D eigenvalue weighted by atomic mass is 35.5. The minimum absolute atomic E-state index is 0.0104. The van der Waals surface area contributed by atoms with Crippen LogP contribution in [0.2, 0.25) is 0 Å². The Morgan fingerprint density at radius 1 is 1.19 bits per heavy atom. The summed E-state index contributed by atoms with van der Waals surface area (Å²) in [5.74, 6) is 0.442. The van der Waals surface area contributed by atoms with Crippen molar-refractivity contribution < 1.29 is 19.0 Å². The Morgan fingerprint density at radius 3 is 2.42 bits per heavy atom. The predicted octanol–water partition coefficient (Wildman–Crippen LogP) is 5.27. The maximum atomic E-state index is 11.6. The maximum absolute atomic E-state index is 11.6. The lowest BCUT2D eigenvalue weighted by Gasteiger charge is -2.19. The summed E-state index contributed by atoms with van der Waals surface area (Å²) in [7, 11) is 0. The molecule has 0 atom stereocenters. The Kier molecular flexibility index (Phi) is 8.52. The Labute approximate surface area is 188 Å². The predicted molar refractivity (Wildman–Crippen MR) is 119 cm³/mol. The van der Waals surface area contributed by atoms with Crippen LogP contribution in [0.15, 0.2) is 30.3 Å². The molecule has 2 aromatic rings. The van der Waals surface area contributed by atoms with Gasteiger partial charge < -0.3 is 14.2 Å². The number of aromatic nitrogens is 2. The average Bonchev–Trinajstić information content (AvgIpc) is 3.11. The van der Waals surface area contributed by atoms with E-state index in [1.165, 1.54) is 0 Å². The van der Waals surface area contributed by atoms with Crippen LogP contribution in [0.3, 0.4) is 0 Å². The van der Waals surface area contributed by atoms with E-state index < -0.39 is 12.9 Å². The highest BCUT2D eigenvalue weighted by Crippen LogP contribution is 2.30. The molecule has 0 amide bonds. The van der Waals surface area contributed by atoms with Gasteiger partial charge in [0.2, 0.25) is 6.79 Å². The van der Waals surface area contributed by atoms with Crippen LogP contribution < -0.4 is 0 Å². The van der Waals surface area contributed by atoms with Crippen LogP contribution in [0.1, 0.15) is 50.2 Å². The Bertz CT molecular complexity index is 966. The number of hydrogen-bond acceptors (Lipinski definition) is 6. The minimum atomic E-state index is -0.895. The Morgan fingerprint density at radius 2 is 1.87 bits per heavy atom. The molecule has 8 heteroatoms. The molecule has 1 aromatic heterocycles. The van der Waals surface area contributed by atoms with Crippen LogP contribution in [-0.4, -0.2) is 35.2 Å². The molecule has 0 N–H and O–H groups in total. The fraction of sp³-hybridized carbons (Fsp3) is 0.435. The number of alkyl halides is 1. The van der Waals surface area contributed by atoms with Crippen molar-refractivity contribution in [3.63, 3.8) is 0 Å². The number of carbonyl (C=O) groups excluding carboxylic acids is 1. The molecule has 7 nitrogen and oxygen atoms in total. The summed E-state index contributed by atoms with van der Waals surface area (Å²) in [6.07, 6.45) is -0.895. The number of benzene rings is 1. The van der Waals surface area contributed by atoms with Crippen LogP contribution in [0, 0.1) is 18.3 Å². The molecule has 0 bridgehead atoms. The largest absolute Gasteiger partial charge is 0.511 e. The molecule has 0 aliphatic rings. The van der Waals surface area contributed by atoms with Gasteiger partial charge in [0.15, 0.2) is 5.76 Å². The summed E-state index contributed by atoms with van der Waals surface area (Å²) in [5.41, 5.74) is 3.54. The topological polar surface area (TPSA) is 86.4 Å². The maximum Gasteiger partial charge on any atom is 0.511 e. The number of allylic oxidation sites excluding steroid dienone is 1. The second-order valence-corrected chi connectivity index (χ2v) is 8.20. The van der Waals surface area contributed by atoms with E-state index in [1.807, 2.05) is 44.2 Å². The second kappa shape index (κ2) is 10.9. The molecule has 0 fully saturated rings. The molecule has 0 aliphatic heterocycles. The van der Waals surface area contributed by atoms with Gasteiger partial charge in [-0.15, -0.1) is 11.6 Å². The highest BCUT2D eigenvalue weighted by Gasteiger charge is 2.20. The molecule has 166 valence electrons. The van der Waals surface area contributed by atoms with Crippen LogP contribution in [0.4, 0.5) is 4.79 Å². The van der Waals surface area contributed by atoms with E-state index in [9.17, 15) is 10.1 Å². The molecule has 1 heterocycles. The summed E-state index contributed by atoms with van der Waals surface area (Å²) in [6.45, 7) is 10.4. The van der Waals surface area contributed by atoms with Crippen LogP contribution in [0.5, 0.6) is 0 Å². The molecule has 0 aliphatic carbocycles. The quantitative estimate of drug-likeness (QED) is 0.181. The first kappa shape index (κ1) is 24.3. The van der Waals surface area contributed by atoms with Crippen molar-refractivity contribution in [1.29, 1.82) is 5.26 Å². The SMILES string of the molecule is CCn1nc(C)cc1/C(OCOC(=O)OCCCl)=C(\C#N)c1ccc(C(C)(C)C)cc1. The summed E-state index contributed by atoms with van der Waals surface area (Å²) in [5, 5.41) is 14.4. The van der Waals surface area contributed by atoms with Gasteiger partial charge in [-0.25, -0.2) is 4.79 Å². The lowest BCUT2D eigenvalue weighted by atomic mass is 9.86. The summed E-state index contributed by atoms with van der Waals surface area (Å²) >= 11 is 5.50. The fourth-order valence-corrected chi connectivity index (χ4v) is 3.00. The van der Waals surface area contributed by atoms with Crippen molar-refractivity contribution in [3.05, 3.63) is 52.8 Å². The molecule has 0 spiro atoms. The third-order valence-electron chi connectivity index (χ3n) is 4.49. The number of halogens is 1. The van der Waals surface area contributed by atoms with Crippen molar-refractivity contribution in [2.75, 3.05) is 19.3 Å². The van der Waals surface area contributed by atoms with Gasteiger partial charge in [-0.05, 0) is 36.5 Å². The van der Waals surface area contributed by atoms with E-state index in [1.54, 1.807) is 4.68 Å². The van der Waals surface area contributed by atoms with Crippen molar-refractivity contribution in [3.8, 4) is 6.07 Å². The van der Waals surface area contributed by atoms with E-state index in [2.05, 4.69) is 31.9 Å². The molecule has 2 rings (SSSR count). The number of carbonyl (C=O) groups is 1. The van der Waals surface area contributed by atoms with Gasteiger partial charge in [0.1, 0.15) is 23.9 Å². The molecule has 1 aromatic carbocycles. The summed E-state index contributed by atoms with van der Waals surface area (Å²) in [6, 6.07) is 11.8. The lowest BCUT2D eigenvalue weighted by Crippen LogP contribution is -2.13. The van der Waals surface area contributed by atoms with E-state index in [0.717, 1.165) is 11.3 Å². The number of hydrogen-bond donors (Lipinski definition) is 0. The zero-order valence-electron chi connectivity index (χ0n) is 18.6. The van der Waals surface area contributed by atoms with E-state index in [4.69, 9.17) is 25.8 Å². The van der Waals surface area contributed by atoms with Gasteiger partial charge in [0.05, 0.1) is 11.6 Å². The van der Waals surface area contributed by atoms with Crippen molar-refractivity contribution in [2.45, 2.75) is 46.6 Å². The monoisotopic (exact) mass is 445 g/mol. The lowest BCUT2D eigenvalue weighted by molar-refractivity contribution is -0.00345. The number of ether oxygens (including phenoxy) is 3. The van der Waals surface area contributed by atoms with Crippen LogP contribution in [-0.2, 0) is 26.2 Å². The van der Waals surface area contributed by atoms with Gasteiger partial charge in [-0.2, -0.15) is 10.4 Å². The van der Waals surface area contributed by atoms with Gasteiger partial charge in [-0.1, -0.05) is 45.0 Å². The normalized spacial score (nSPS) is 12.0. The molecule has 0 radical (unpaired) electrons. The van der Waals surface area contributed by atoms with E-state index >= 15 is 0 Å². The van der Waals surface area contributed by atoms with Gasteiger partial charge in [-0.3, -0.25) is 4.68 Å². The third kappa shape index (κ3) is 6.50. The van der Waals surface area contributed by atoms with Crippen LogP contribution >= 0.6 is 11.6 Å². The van der Waals surface area contributed by atoms with Gasteiger partial charge in [0.25, 0.3) is 0 Å². The van der Waals surface area contributed by atoms with Crippen molar-refractivity contribution in [2.24, 2.45) is 0 Å². The molecular weight excluding hydrogens is 418 g/mol. The van der Waals surface area contributed by atoms with Crippen molar-refractivity contribution in [1.82, 2.24) is 9.78 Å². The Hall–Kier alpha value is -2.98. The number of nitriles is 1. The zero-order chi connectivity index (χ0) is 23.0. The van der Waals surface area contributed by atoms with Gasteiger partial charge in [0, 0.05) is 6.54 Å². The molecular formula is C23H28ClN3O4. The number of nitrogens with zero attached hydrogens (tertiary/aromatic N) is 3. The average molecular weight is 446 g/mol.